The molecule has 0 N–H and O–H groups in total. The molecule has 1 unspecified atom stereocenters. The number of hydrogen-bond acceptors (Lipinski definition) is 3. The molecule has 1 saturated heterocycles. The summed E-state index contributed by atoms with van der Waals surface area (Å²) in [5.74, 6) is 0.760. The number of benzene rings is 1. The second kappa shape index (κ2) is 4.77. The van der Waals surface area contributed by atoms with E-state index in [0.717, 1.165) is 29.5 Å². The SMILES string of the molecule is O=Cc1ccc(OC2CCOC2)c(Br)c1. The molecule has 1 heterocycles. The van der Waals surface area contributed by atoms with E-state index in [1.165, 1.54) is 0 Å². The molecule has 0 aliphatic carbocycles. The number of halogens is 1. The fourth-order valence-electron chi connectivity index (χ4n) is 1.47. The minimum absolute atomic E-state index is 0.128. The van der Waals surface area contributed by atoms with Gasteiger partial charge in [-0.1, -0.05) is 0 Å². The fourth-order valence-corrected chi connectivity index (χ4v) is 1.96. The van der Waals surface area contributed by atoms with E-state index in [1.807, 2.05) is 0 Å². The molecule has 0 spiro atoms. The van der Waals surface area contributed by atoms with Gasteiger partial charge in [-0.2, -0.15) is 0 Å². The largest absolute Gasteiger partial charge is 0.487 e. The van der Waals surface area contributed by atoms with E-state index in [9.17, 15) is 4.79 Å². The summed E-state index contributed by atoms with van der Waals surface area (Å²) in [5.41, 5.74) is 0.636. The van der Waals surface area contributed by atoms with Gasteiger partial charge < -0.3 is 9.47 Å². The van der Waals surface area contributed by atoms with Gasteiger partial charge in [0, 0.05) is 12.0 Å². The molecule has 15 heavy (non-hydrogen) atoms. The molecule has 1 atom stereocenters. The van der Waals surface area contributed by atoms with Crippen LogP contribution in [0.25, 0.3) is 0 Å². The second-order valence-electron chi connectivity index (χ2n) is 3.41. The Morgan fingerprint density at radius 1 is 1.53 bits per heavy atom. The lowest BCUT2D eigenvalue weighted by atomic mass is 10.2. The van der Waals surface area contributed by atoms with Gasteiger partial charge in [0.25, 0.3) is 0 Å². The lowest BCUT2D eigenvalue weighted by Gasteiger charge is -2.13. The Morgan fingerprint density at radius 3 is 3.00 bits per heavy atom. The maximum Gasteiger partial charge on any atom is 0.150 e. The molecule has 1 aromatic carbocycles. The minimum atomic E-state index is 0.128. The Labute approximate surface area is 96.5 Å². The van der Waals surface area contributed by atoms with Crippen molar-refractivity contribution in [2.45, 2.75) is 12.5 Å². The lowest BCUT2D eigenvalue weighted by Crippen LogP contribution is -2.15. The Kier molecular flexibility index (Phi) is 3.38. The van der Waals surface area contributed by atoms with Crippen molar-refractivity contribution >= 4 is 22.2 Å². The summed E-state index contributed by atoms with van der Waals surface area (Å²) in [5, 5.41) is 0. The number of hydrogen-bond donors (Lipinski definition) is 0. The Morgan fingerprint density at radius 2 is 2.40 bits per heavy atom. The molecule has 1 fully saturated rings. The molecule has 4 heteroatoms. The topological polar surface area (TPSA) is 35.5 Å². The van der Waals surface area contributed by atoms with Crippen LogP contribution in [-0.4, -0.2) is 25.6 Å². The molecule has 1 aliphatic rings. The summed E-state index contributed by atoms with van der Waals surface area (Å²) in [4.78, 5) is 10.5. The summed E-state index contributed by atoms with van der Waals surface area (Å²) in [6.07, 6.45) is 1.86. The maximum atomic E-state index is 10.5. The highest BCUT2D eigenvalue weighted by Gasteiger charge is 2.18. The zero-order chi connectivity index (χ0) is 10.7. The van der Waals surface area contributed by atoms with Crippen LogP contribution >= 0.6 is 15.9 Å². The van der Waals surface area contributed by atoms with E-state index in [2.05, 4.69) is 15.9 Å². The summed E-state index contributed by atoms with van der Waals surface area (Å²) in [7, 11) is 0. The molecular weight excluding hydrogens is 260 g/mol. The minimum Gasteiger partial charge on any atom is -0.487 e. The normalized spacial score (nSPS) is 20.2. The van der Waals surface area contributed by atoms with Gasteiger partial charge >= 0.3 is 0 Å². The van der Waals surface area contributed by atoms with Crippen LogP contribution in [0.5, 0.6) is 5.75 Å². The van der Waals surface area contributed by atoms with E-state index in [-0.39, 0.29) is 6.10 Å². The van der Waals surface area contributed by atoms with Crippen LogP contribution in [0.1, 0.15) is 16.8 Å². The first-order valence-electron chi connectivity index (χ1n) is 4.79. The first-order chi connectivity index (χ1) is 7.29. The van der Waals surface area contributed by atoms with Crippen molar-refractivity contribution in [2.75, 3.05) is 13.2 Å². The lowest BCUT2D eigenvalue weighted by molar-refractivity contribution is 0.112. The van der Waals surface area contributed by atoms with Crippen molar-refractivity contribution in [3.8, 4) is 5.75 Å². The summed E-state index contributed by atoms with van der Waals surface area (Å²) < 4.78 is 11.7. The Bertz CT molecular complexity index is 359. The summed E-state index contributed by atoms with van der Waals surface area (Å²) in [6, 6.07) is 5.28. The zero-order valence-electron chi connectivity index (χ0n) is 8.11. The molecular formula is C11H11BrO3. The van der Waals surface area contributed by atoms with Gasteiger partial charge in [-0.3, -0.25) is 4.79 Å². The predicted molar refractivity (Wildman–Crippen MR) is 59.4 cm³/mol. The zero-order valence-corrected chi connectivity index (χ0v) is 9.70. The number of carbonyl (C=O) groups excluding carboxylic acids is 1. The molecule has 0 bridgehead atoms. The van der Waals surface area contributed by atoms with Gasteiger partial charge in [0.2, 0.25) is 0 Å². The molecule has 3 nitrogen and oxygen atoms in total. The van der Waals surface area contributed by atoms with E-state index in [4.69, 9.17) is 9.47 Å². The van der Waals surface area contributed by atoms with Gasteiger partial charge in [-0.05, 0) is 34.1 Å². The maximum absolute atomic E-state index is 10.5. The monoisotopic (exact) mass is 270 g/mol. The summed E-state index contributed by atoms with van der Waals surface area (Å²) in [6.45, 7) is 1.40. The number of carbonyl (C=O) groups is 1. The average Bonchev–Trinajstić information content (AvgIpc) is 2.74. The molecule has 0 amide bonds. The van der Waals surface area contributed by atoms with Gasteiger partial charge in [0.15, 0.2) is 0 Å². The van der Waals surface area contributed by atoms with Gasteiger partial charge in [-0.15, -0.1) is 0 Å². The third-order valence-electron chi connectivity index (χ3n) is 2.27. The number of ether oxygens (including phenoxy) is 2. The van der Waals surface area contributed by atoms with Crippen molar-refractivity contribution in [2.24, 2.45) is 0 Å². The molecule has 1 aromatic rings. The quantitative estimate of drug-likeness (QED) is 0.792. The van der Waals surface area contributed by atoms with Crippen molar-refractivity contribution in [3.63, 3.8) is 0 Å². The second-order valence-corrected chi connectivity index (χ2v) is 4.27. The van der Waals surface area contributed by atoms with Crippen LogP contribution in [0.3, 0.4) is 0 Å². The van der Waals surface area contributed by atoms with Crippen LogP contribution in [-0.2, 0) is 4.74 Å². The highest BCUT2D eigenvalue weighted by atomic mass is 79.9. The predicted octanol–water partition coefficient (Wildman–Crippen LogP) is 2.43. The third-order valence-corrected chi connectivity index (χ3v) is 2.89. The highest BCUT2D eigenvalue weighted by molar-refractivity contribution is 9.10. The molecule has 0 saturated carbocycles. The van der Waals surface area contributed by atoms with Crippen molar-refractivity contribution in [1.29, 1.82) is 0 Å². The fraction of sp³-hybridized carbons (Fsp3) is 0.364. The van der Waals surface area contributed by atoms with E-state index >= 15 is 0 Å². The molecule has 80 valence electrons. The van der Waals surface area contributed by atoms with Gasteiger partial charge in [0.05, 0.1) is 17.7 Å². The molecule has 1 aliphatic heterocycles. The first-order valence-corrected chi connectivity index (χ1v) is 5.58. The van der Waals surface area contributed by atoms with E-state index in [0.29, 0.717) is 12.2 Å². The van der Waals surface area contributed by atoms with Crippen molar-refractivity contribution < 1.29 is 14.3 Å². The first kappa shape index (κ1) is 10.6. The van der Waals surface area contributed by atoms with Crippen LogP contribution in [0.15, 0.2) is 22.7 Å². The summed E-state index contributed by atoms with van der Waals surface area (Å²) >= 11 is 3.37. The van der Waals surface area contributed by atoms with Crippen LogP contribution in [0.4, 0.5) is 0 Å². The standard InChI is InChI=1S/C11H11BrO3/c12-10-5-8(6-13)1-2-11(10)15-9-3-4-14-7-9/h1-2,5-6,9H,3-4,7H2. The smallest absolute Gasteiger partial charge is 0.150 e. The highest BCUT2D eigenvalue weighted by Crippen LogP contribution is 2.27. The van der Waals surface area contributed by atoms with Crippen molar-refractivity contribution in [1.82, 2.24) is 0 Å². The van der Waals surface area contributed by atoms with Crippen molar-refractivity contribution in [3.05, 3.63) is 28.2 Å². The molecule has 2 rings (SSSR count). The van der Waals surface area contributed by atoms with Gasteiger partial charge in [0.1, 0.15) is 18.1 Å². The van der Waals surface area contributed by atoms with Gasteiger partial charge in [-0.25, -0.2) is 0 Å². The van der Waals surface area contributed by atoms with E-state index < -0.39 is 0 Å². The van der Waals surface area contributed by atoms with Crippen LogP contribution < -0.4 is 4.74 Å². The van der Waals surface area contributed by atoms with Crippen LogP contribution in [0.2, 0.25) is 0 Å². The molecule has 0 aromatic heterocycles. The number of aldehydes is 1. The Hall–Kier alpha value is -0.870. The molecule has 0 radical (unpaired) electrons. The van der Waals surface area contributed by atoms with E-state index in [1.54, 1.807) is 18.2 Å². The number of rotatable bonds is 3. The third kappa shape index (κ3) is 2.58. The Balaban J connectivity index is 2.10. The average molecular weight is 271 g/mol. The van der Waals surface area contributed by atoms with Crippen LogP contribution in [0, 0.1) is 0 Å².